The van der Waals surface area contributed by atoms with E-state index in [1.165, 1.54) is 13.8 Å². The fourth-order valence-electron chi connectivity index (χ4n) is 1.32. The van der Waals surface area contributed by atoms with Crippen LogP contribution in [0.1, 0.15) is 31.9 Å². The smallest absolute Gasteiger partial charge is 0.170 e. The lowest BCUT2D eigenvalue weighted by atomic mass is 9.83. The Morgan fingerprint density at radius 1 is 1.00 bits per heavy atom. The Labute approximate surface area is 88.1 Å². The highest BCUT2D eigenvalue weighted by molar-refractivity contribution is 5.29. The van der Waals surface area contributed by atoms with Gasteiger partial charge < -0.3 is 0 Å². The first kappa shape index (κ1) is 12.1. The molecule has 0 atom stereocenters. The van der Waals surface area contributed by atoms with Crippen LogP contribution < -0.4 is 0 Å². The van der Waals surface area contributed by atoms with Crippen molar-refractivity contribution in [1.82, 2.24) is 0 Å². The number of alkyl halides is 3. The third-order valence-electron chi connectivity index (χ3n) is 2.79. The van der Waals surface area contributed by atoms with Crippen molar-refractivity contribution in [2.24, 2.45) is 0 Å². The zero-order valence-corrected chi connectivity index (χ0v) is 9.15. The molecule has 0 unspecified atom stereocenters. The third-order valence-corrected chi connectivity index (χ3v) is 2.79. The normalized spacial score (nSPS) is 12.9. The van der Waals surface area contributed by atoms with Crippen molar-refractivity contribution in [2.75, 3.05) is 0 Å². The molecule has 0 radical (unpaired) electrons. The summed E-state index contributed by atoms with van der Waals surface area (Å²) in [5.74, 6) is 0. The molecule has 0 spiro atoms. The molecule has 15 heavy (non-hydrogen) atoms. The molecule has 0 saturated heterocycles. The second-order valence-electron chi connectivity index (χ2n) is 4.17. The Balaban J connectivity index is 3.06. The minimum absolute atomic E-state index is 0.312. The molecule has 84 valence electrons. The van der Waals surface area contributed by atoms with Gasteiger partial charge in [-0.15, -0.1) is 0 Å². The van der Waals surface area contributed by atoms with Crippen LogP contribution in [0.4, 0.5) is 13.2 Å². The van der Waals surface area contributed by atoms with Crippen LogP contribution in [0.15, 0.2) is 24.3 Å². The number of rotatable bonds is 2. The van der Waals surface area contributed by atoms with E-state index < -0.39 is 11.6 Å². The molecule has 0 saturated carbocycles. The van der Waals surface area contributed by atoms with Crippen molar-refractivity contribution in [2.45, 2.75) is 38.8 Å². The molecule has 1 aromatic rings. The summed E-state index contributed by atoms with van der Waals surface area (Å²) in [6, 6.07) is 6.63. The quantitative estimate of drug-likeness (QED) is 0.698. The molecule has 0 nitrogen and oxygen atoms in total. The van der Waals surface area contributed by atoms with Gasteiger partial charge in [0.2, 0.25) is 0 Å². The molecule has 0 fully saturated rings. The molecule has 0 aliphatic rings. The summed E-state index contributed by atoms with van der Waals surface area (Å²) in [4.78, 5) is 0. The standard InChI is InChI=1S/C12H15F3/c1-4-9-5-7-10(8-6-9)11(2,3)12(13,14)15/h5-8H,4H2,1-3H3. The van der Waals surface area contributed by atoms with E-state index in [1.54, 1.807) is 24.3 Å². The van der Waals surface area contributed by atoms with Gasteiger partial charge in [-0.2, -0.15) is 13.2 Å². The summed E-state index contributed by atoms with van der Waals surface area (Å²) in [5, 5.41) is 0. The van der Waals surface area contributed by atoms with E-state index in [1.807, 2.05) is 6.92 Å². The fourth-order valence-corrected chi connectivity index (χ4v) is 1.32. The van der Waals surface area contributed by atoms with Gasteiger partial charge in [-0.25, -0.2) is 0 Å². The van der Waals surface area contributed by atoms with Gasteiger partial charge in [0.1, 0.15) is 0 Å². The fraction of sp³-hybridized carbons (Fsp3) is 0.500. The van der Waals surface area contributed by atoms with Gasteiger partial charge in [0, 0.05) is 0 Å². The average Bonchev–Trinajstić information content (AvgIpc) is 2.16. The lowest BCUT2D eigenvalue weighted by molar-refractivity contribution is -0.180. The number of aryl methyl sites for hydroxylation is 1. The molecule has 0 aromatic heterocycles. The molecule has 0 bridgehead atoms. The predicted molar refractivity (Wildman–Crippen MR) is 54.9 cm³/mol. The maximum Gasteiger partial charge on any atom is 0.397 e. The first-order chi connectivity index (χ1) is 6.79. The predicted octanol–water partition coefficient (Wildman–Crippen LogP) is 4.09. The van der Waals surface area contributed by atoms with Gasteiger partial charge in [0.15, 0.2) is 0 Å². The molecular formula is C12H15F3. The number of hydrogen-bond acceptors (Lipinski definition) is 0. The van der Waals surface area contributed by atoms with Crippen molar-refractivity contribution in [3.8, 4) is 0 Å². The molecule has 0 heterocycles. The van der Waals surface area contributed by atoms with Crippen LogP contribution in [-0.4, -0.2) is 6.18 Å². The summed E-state index contributed by atoms with van der Waals surface area (Å²) in [7, 11) is 0. The van der Waals surface area contributed by atoms with E-state index in [9.17, 15) is 13.2 Å². The van der Waals surface area contributed by atoms with Gasteiger partial charge in [0.25, 0.3) is 0 Å². The second-order valence-corrected chi connectivity index (χ2v) is 4.17. The highest BCUT2D eigenvalue weighted by atomic mass is 19.4. The van der Waals surface area contributed by atoms with Gasteiger partial charge in [-0.3, -0.25) is 0 Å². The van der Waals surface area contributed by atoms with Gasteiger partial charge in [-0.1, -0.05) is 31.2 Å². The van der Waals surface area contributed by atoms with Crippen molar-refractivity contribution >= 4 is 0 Å². The van der Waals surface area contributed by atoms with Crippen LogP contribution in [0.2, 0.25) is 0 Å². The zero-order valence-electron chi connectivity index (χ0n) is 9.15. The maximum absolute atomic E-state index is 12.7. The maximum atomic E-state index is 12.7. The lowest BCUT2D eigenvalue weighted by Crippen LogP contribution is -2.36. The van der Waals surface area contributed by atoms with Crippen molar-refractivity contribution in [3.63, 3.8) is 0 Å². The number of benzene rings is 1. The number of hydrogen-bond donors (Lipinski definition) is 0. The summed E-state index contributed by atoms with van der Waals surface area (Å²) in [5.41, 5.74) is -0.414. The van der Waals surface area contributed by atoms with Crippen LogP contribution in [0.5, 0.6) is 0 Å². The van der Waals surface area contributed by atoms with E-state index in [4.69, 9.17) is 0 Å². The summed E-state index contributed by atoms with van der Waals surface area (Å²) in [6.07, 6.45) is -3.37. The zero-order chi connectivity index (χ0) is 11.7. The number of halogens is 3. The molecule has 0 aliphatic carbocycles. The minimum Gasteiger partial charge on any atom is -0.170 e. The van der Waals surface area contributed by atoms with E-state index in [0.717, 1.165) is 12.0 Å². The summed E-state index contributed by atoms with van der Waals surface area (Å²) in [6.45, 7) is 4.38. The molecule has 0 N–H and O–H groups in total. The highest BCUT2D eigenvalue weighted by Gasteiger charge is 2.48. The molecule has 0 aliphatic heterocycles. The Kier molecular flexibility index (Phi) is 3.12. The molecule has 3 heteroatoms. The highest BCUT2D eigenvalue weighted by Crippen LogP contribution is 2.40. The summed E-state index contributed by atoms with van der Waals surface area (Å²) < 4.78 is 38.1. The Hall–Kier alpha value is -0.990. The molecule has 1 aromatic carbocycles. The van der Waals surface area contributed by atoms with E-state index in [0.29, 0.717) is 5.56 Å². The van der Waals surface area contributed by atoms with Gasteiger partial charge in [0.05, 0.1) is 5.41 Å². The average molecular weight is 216 g/mol. The van der Waals surface area contributed by atoms with Gasteiger partial charge in [-0.05, 0) is 31.4 Å². The van der Waals surface area contributed by atoms with Gasteiger partial charge >= 0.3 is 6.18 Å². The molecule has 0 amide bonds. The second kappa shape index (κ2) is 3.87. The molecular weight excluding hydrogens is 201 g/mol. The van der Waals surface area contributed by atoms with E-state index in [-0.39, 0.29) is 0 Å². The first-order valence-electron chi connectivity index (χ1n) is 4.95. The minimum atomic E-state index is -4.21. The van der Waals surface area contributed by atoms with Crippen LogP contribution in [0.25, 0.3) is 0 Å². The van der Waals surface area contributed by atoms with Crippen LogP contribution in [-0.2, 0) is 11.8 Å². The lowest BCUT2D eigenvalue weighted by Gasteiger charge is -2.28. The Bertz CT molecular complexity index is 320. The Morgan fingerprint density at radius 2 is 1.47 bits per heavy atom. The topological polar surface area (TPSA) is 0 Å². The van der Waals surface area contributed by atoms with E-state index >= 15 is 0 Å². The monoisotopic (exact) mass is 216 g/mol. The summed E-state index contributed by atoms with van der Waals surface area (Å²) >= 11 is 0. The van der Waals surface area contributed by atoms with Crippen LogP contribution >= 0.6 is 0 Å². The van der Waals surface area contributed by atoms with Crippen molar-refractivity contribution < 1.29 is 13.2 Å². The van der Waals surface area contributed by atoms with Crippen molar-refractivity contribution in [1.29, 1.82) is 0 Å². The third kappa shape index (κ3) is 2.33. The Morgan fingerprint density at radius 3 is 1.80 bits per heavy atom. The molecule has 1 rings (SSSR count). The van der Waals surface area contributed by atoms with E-state index in [2.05, 4.69) is 0 Å². The SMILES string of the molecule is CCc1ccc(C(C)(C)C(F)(F)F)cc1. The largest absolute Gasteiger partial charge is 0.397 e. The van der Waals surface area contributed by atoms with Crippen LogP contribution in [0, 0.1) is 0 Å². The van der Waals surface area contributed by atoms with Crippen LogP contribution in [0.3, 0.4) is 0 Å². The first-order valence-corrected chi connectivity index (χ1v) is 4.95. The van der Waals surface area contributed by atoms with Crippen molar-refractivity contribution in [3.05, 3.63) is 35.4 Å².